The van der Waals surface area contributed by atoms with Gasteiger partial charge in [0.2, 0.25) is 0 Å². The Labute approximate surface area is 120 Å². The predicted molar refractivity (Wildman–Crippen MR) is 76.3 cm³/mol. The molecule has 1 N–H and O–H groups in total. The molecule has 102 valence electrons. The first kappa shape index (κ1) is 14.6. The molecule has 1 nitrogen and oxygen atoms in total. The van der Waals surface area contributed by atoms with Crippen molar-refractivity contribution >= 4 is 11.8 Å². The van der Waals surface area contributed by atoms with Gasteiger partial charge in [-0.1, -0.05) is 24.0 Å². The van der Waals surface area contributed by atoms with Crippen molar-refractivity contribution in [2.24, 2.45) is 0 Å². The van der Waals surface area contributed by atoms with Gasteiger partial charge >= 0.3 is 0 Å². The first-order chi connectivity index (χ1) is 9.69. The van der Waals surface area contributed by atoms with Gasteiger partial charge in [0.15, 0.2) is 0 Å². The number of aliphatic hydroxyl groups excluding tert-OH is 1. The van der Waals surface area contributed by atoms with Gasteiger partial charge in [0.25, 0.3) is 0 Å². The summed E-state index contributed by atoms with van der Waals surface area (Å²) in [5.74, 6) is 4.84. The zero-order chi connectivity index (χ0) is 14.4. The van der Waals surface area contributed by atoms with Gasteiger partial charge in [0.05, 0.1) is 0 Å². The van der Waals surface area contributed by atoms with E-state index in [-0.39, 0.29) is 6.61 Å². The molecule has 0 spiro atoms. The standard InChI is InChI=1S/C16H12F2OS/c17-14-6-7-16(15(18)10-14)20-11-13-4-1-3-12(9-13)5-2-8-19/h1,3-4,6-7,9-10,19H,8,11H2. The average molecular weight is 290 g/mol. The molecule has 0 saturated heterocycles. The molecule has 2 rings (SSSR count). The van der Waals surface area contributed by atoms with Crippen LogP contribution in [0.3, 0.4) is 0 Å². The molecule has 0 amide bonds. The highest BCUT2D eigenvalue weighted by Crippen LogP contribution is 2.26. The van der Waals surface area contributed by atoms with Crippen molar-refractivity contribution in [3.63, 3.8) is 0 Å². The molecule has 0 radical (unpaired) electrons. The number of benzene rings is 2. The second kappa shape index (κ2) is 7.09. The second-order valence-corrected chi connectivity index (χ2v) is 5.04. The van der Waals surface area contributed by atoms with Crippen molar-refractivity contribution < 1.29 is 13.9 Å². The zero-order valence-electron chi connectivity index (χ0n) is 10.6. The third kappa shape index (κ3) is 4.09. The fraction of sp³-hybridized carbons (Fsp3) is 0.125. The number of hydrogen-bond acceptors (Lipinski definition) is 2. The van der Waals surface area contributed by atoms with Crippen LogP contribution in [0.2, 0.25) is 0 Å². The maximum Gasteiger partial charge on any atom is 0.139 e. The fourth-order valence-electron chi connectivity index (χ4n) is 1.63. The monoisotopic (exact) mass is 290 g/mol. The summed E-state index contributed by atoms with van der Waals surface area (Å²) < 4.78 is 26.3. The number of thioether (sulfide) groups is 1. The van der Waals surface area contributed by atoms with Crippen LogP contribution in [0.15, 0.2) is 47.4 Å². The van der Waals surface area contributed by atoms with Crippen LogP contribution in [0.5, 0.6) is 0 Å². The minimum atomic E-state index is -0.576. The summed E-state index contributed by atoms with van der Waals surface area (Å²) in [6.45, 7) is -0.181. The number of halogens is 2. The highest BCUT2D eigenvalue weighted by atomic mass is 32.2. The molecule has 4 heteroatoms. The first-order valence-corrected chi connectivity index (χ1v) is 6.94. The van der Waals surface area contributed by atoms with Crippen LogP contribution < -0.4 is 0 Å². The van der Waals surface area contributed by atoms with Crippen molar-refractivity contribution in [3.05, 3.63) is 65.2 Å². The van der Waals surface area contributed by atoms with E-state index in [9.17, 15) is 8.78 Å². The van der Waals surface area contributed by atoms with Crippen LogP contribution in [0.4, 0.5) is 8.78 Å². The Morgan fingerprint density at radius 2 is 1.95 bits per heavy atom. The minimum Gasteiger partial charge on any atom is -0.384 e. The first-order valence-electron chi connectivity index (χ1n) is 5.95. The normalized spacial score (nSPS) is 9.95. The maximum atomic E-state index is 13.5. The molecule has 2 aromatic carbocycles. The van der Waals surface area contributed by atoms with Gasteiger partial charge in [0.1, 0.15) is 18.2 Å². The lowest BCUT2D eigenvalue weighted by atomic mass is 10.1. The third-order valence-corrected chi connectivity index (χ3v) is 3.65. The molecule has 20 heavy (non-hydrogen) atoms. The van der Waals surface area contributed by atoms with E-state index in [0.717, 1.165) is 17.2 Å². The molecule has 0 heterocycles. The summed E-state index contributed by atoms with van der Waals surface area (Å²) in [7, 11) is 0. The van der Waals surface area contributed by atoms with E-state index in [1.165, 1.54) is 23.9 Å². The lowest BCUT2D eigenvalue weighted by molar-refractivity contribution is 0.350. The Kier molecular flexibility index (Phi) is 5.16. The van der Waals surface area contributed by atoms with E-state index in [2.05, 4.69) is 11.8 Å². The topological polar surface area (TPSA) is 20.2 Å². The van der Waals surface area contributed by atoms with Crippen LogP contribution in [0.25, 0.3) is 0 Å². The molecule has 0 fully saturated rings. The van der Waals surface area contributed by atoms with E-state index < -0.39 is 11.6 Å². The van der Waals surface area contributed by atoms with Gasteiger partial charge in [0, 0.05) is 22.3 Å². The van der Waals surface area contributed by atoms with E-state index in [1.54, 1.807) is 0 Å². The average Bonchev–Trinajstić information content (AvgIpc) is 2.45. The van der Waals surface area contributed by atoms with E-state index >= 15 is 0 Å². The molecule has 0 unspecified atom stereocenters. The van der Waals surface area contributed by atoms with Crippen LogP contribution in [0, 0.1) is 23.5 Å². The Hall–Kier alpha value is -1.83. The largest absolute Gasteiger partial charge is 0.384 e. The molecule has 0 atom stereocenters. The summed E-state index contributed by atoms with van der Waals surface area (Å²) in [6, 6.07) is 11.1. The van der Waals surface area contributed by atoms with Gasteiger partial charge in [-0.3, -0.25) is 0 Å². The van der Waals surface area contributed by atoms with Crippen LogP contribution in [-0.2, 0) is 5.75 Å². The highest BCUT2D eigenvalue weighted by molar-refractivity contribution is 7.98. The summed E-state index contributed by atoms with van der Waals surface area (Å²) in [6.07, 6.45) is 0. The van der Waals surface area contributed by atoms with E-state index in [0.29, 0.717) is 10.6 Å². The van der Waals surface area contributed by atoms with Crippen molar-refractivity contribution in [1.82, 2.24) is 0 Å². The molecule has 0 saturated carbocycles. The highest BCUT2D eigenvalue weighted by Gasteiger charge is 2.05. The maximum absolute atomic E-state index is 13.5. The van der Waals surface area contributed by atoms with E-state index in [4.69, 9.17) is 5.11 Å². The Morgan fingerprint density at radius 3 is 2.70 bits per heavy atom. The molecular weight excluding hydrogens is 278 g/mol. The van der Waals surface area contributed by atoms with Crippen molar-refractivity contribution in [2.45, 2.75) is 10.6 Å². The number of rotatable bonds is 3. The summed E-state index contributed by atoms with van der Waals surface area (Å²) in [5, 5.41) is 8.65. The minimum absolute atomic E-state index is 0.181. The molecule has 0 aromatic heterocycles. The lowest BCUT2D eigenvalue weighted by Crippen LogP contribution is -1.87. The van der Waals surface area contributed by atoms with Gasteiger partial charge < -0.3 is 5.11 Å². The Bertz CT molecular complexity index is 659. The number of hydrogen-bond donors (Lipinski definition) is 1. The van der Waals surface area contributed by atoms with E-state index in [1.807, 2.05) is 24.3 Å². The van der Waals surface area contributed by atoms with Gasteiger partial charge in [-0.25, -0.2) is 8.78 Å². The van der Waals surface area contributed by atoms with Crippen LogP contribution >= 0.6 is 11.8 Å². The van der Waals surface area contributed by atoms with Crippen molar-refractivity contribution in [2.75, 3.05) is 6.61 Å². The molecule has 0 aliphatic carbocycles. The molecule has 0 aliphatic heterocycles. The molecular formula is C16H12F2OS. The third-order valence-electron chi connectivity index (χ3n) is 2.53. The Balaban J connectivity index is 2.07. The predicted octanol–water partition coefficient (Wildman–Crippen LogP) is 3.60. The fourth-order valence-corrected chi connectivity index (χ4v) is 2.50. The number of aliphatic hydroxyl groups is 1. The van der Waals surface area contributed by atoms with Crippen LogP contribution in [0.1, 0.15) is 11.1 Å². The molecule has 0 bridgehead atoms. The lowest BCUT2D eigenvalue weighted by Gasteiger charge is -2.04. The van der Waals surface area contributed by atoms with Crippen LogP contribution in [-0.4, -0.2) is 11.7 Å². The summed E-state index contributed by atoms with van der Waals surface area (Å²) in [5.41, 5.74) is 1.79. The van der Waals surface area contributed by atoms with Gasteiger partial charge in [-0.15, -0.1) is 11.8 Å². The zero-order valence-corrected chi connectivity index (χ0v) is 11.4. The molecule has 0 aliphatic rings. The summed E-state index contributed by atoms with van der Waals surface area (Å²) >= 11 is 1.30. The van der Waals surface area contributed by atoms with Crippen molar-refractivity contribution in [3.8, 4) is 11.8 Å². The van der Waals surface area contributed by atoms with Crippen molar-refractivity contribution in [1.29, 1.82) is 0 Å². The van der Waals surface area contributed by atoms with Gasteiger partial charge in [-0.2, -0.15) is 0 Å². The Morgan fingerprint density at radius 1 is 1.10 bits per heavy atom. The SMILES string of the molecule is OCC#Cc1cccc(CSc2ccc(F)cc2F)c1. The summed E-state index contributed by atoms with van der Waals surface area (Å²) in [4.78, 5) is 0.415. The molecule has 2 aromatic rings. The van der Waals surface area contributed by atoms with Gasteiger partial charge in [-0.05, 0) is 29.8 Å². The smallest absolute Gasteiger partial charge is 0.139 e. The second-order valence-electron chi connectivity index (χ2n) is 4.02. The quantitative estimate of drug-likeness (QED) is 0.688.